The number of benzene rings is 3. The number of hydrogen-bond acceptors (Lipinski definition) is 4. The minimum Gasteiger partial charge on any atom is -0.350 e. The molecule has 38 heavy (non-hydrogen) atoms. The summed E-state index contributed by atoms with van der Waals surface area (Å²) in [4.78, 5) is 28.6. The molecule has 0 spiro atoms. The number of carbonyl (C=O) groups is 2. The zero-order valence-corrected chi connectivity index (χ0v) is 24.5. The normalized spacial score (nSPS) is 12.7. The lowest BCUT2D eigenvalue weighted by Gasteiger charge is -2.34. The summed E-state index contributed by atoms with van der Waals surface area (Å²) >= 11 is 12.3. The molecule has 1 atom stereocenters. The second-order valence-corrected chi connectivity index (χ2v) is 12.9. The minimum atomic E-state index is -3.86. The highest BCUT2D eigenvalue weighted by molar-refractivity contribution is 7.92. The van der Waals surface area contributed by atoms with E-state index in [0.717, 1.165) is 15.9 Å². The minimum absolute atomic E-state index is 0.0406. The predicted molar refractivity (Wildman–Crippen MR) is 155 cm³/mol. The van der Waals surface area contributed by atoms with E-state index in [0.29, 0.717) is 33.1 Å². The molecule has 0 aromatic heterocycles. The molecule has 0 unspecified atom stereocenters. The van der Waals surface area contributed by atoms with Gasteiger partial charge in [-0.2, -0.15) is 0 Å². The van der Waals surface area contributed by atoms with E-state index in [4.69, 9.17) is 23.2 Å². The van der Waals surface area contributed by atoms with Gasteiger partial charge in [-0.25, -0.2) is 8.42 Å². The first-order chi connectivity index (χ1) is 17.7. The zero-order valence-electron chi connectivity index (χ0n) is 22.2. The summed E-state index contributed by atoms with van der Waals surface area (Å²) < 4.78 is 27.0. The molecule has 0 saturated carbocycles. The fraction of sp³-hybridized carbons (Fsp3) is 0.357. The Morgan fingerprint density at radius 1 is 0.974 bits per heavy atom. The van der Waals surface area contributed by atoms with Crippen molar-refractivity contribution >= 4 is 61.5 Å². The van der Waals surface area contributed by atoms with Crippen molar-refractivity contribution in [3.05, 3.63) is 76.3 Å². The highest BCUT2D eigenvalue weighted by Gasteiger charge is 2.33. The first kappa shape index (κ1) is 29.7. The number of anilines is 1. The van der Waals surface area contributed by atoms with Gasteiger partial charge in [0.05, 0.1) is 22.0 Å². The van der Waals surface area contributed by atoms with E-state index in [1.165, 1.54) is 4.90 Å². The summed E-state index contributed by atoms with van der Waals surface area (Å²) in [6.45, 7) is 6.94. The molecule has 1 N–H and O–H groups in total. The summed E-state index contributed by atoms with van der Waals surface area (Å²) in [7, 11) is -3.86. The largest absolute Gasteiger partial charge is 0.350 e. The van der Waals surface area contributed by atoms with Crippen LogP contribution in [0.4, 0.5) is 5.69 Å². The number of rotatable bonds is 9. The number of sulfonamides is 1. The maximum absolute atomic E-state index is 13.9. The number of nitrogens with zero attached hydrogens (tertiary/aromatic N) is 2. The smallest absolute Gasteiger partial charge is 0.244 e. The van der Waals surface area contributed by atoms with Crippen molar-refractivity contribution in [2.75, 3.05) is 17.1 Å². The Balaban J connectivity index is 2.05. The van der Waals surface area contributed by atoms with Gasteiger partial charge in [-0.1, -0.05) is 72.6 Å². The Hall–Kier alpha value is -2.81. The molecule has 3 aromatic carbocycles. The maximum Gasteiger partial charge on any atom is 0.244 e. The number of fused-ring (bicyclic) bond motifs is 1. The van der Waals surface area contributed by atoms with Crippen LogP contribution in [0, 0.1) is 0 Å². The quantitative estimate of drug-likeness (QED) is 0.357. The van der Waals surface area contributed by atoms with Crippen molar-refractivity contribution in [1.82, 2.24) is 10.2 Å². The van der Waals surface area contributed by atoms with Crippen LogP contribution in [0.2, 0.25) is 10.0 Å². The van der Waals surface area contributed by atoms with E-state index in [9.17, 15) is 18.0 Å². The van der Waals surface area contributed by atoms with Gasteiger partial charge in [0, 0.05) is 17.5 Å². The Morgan fingerprint density at radius 3 is 2.24 bits per heavy atom. The first-order valence-corrected chi connectivity index (χ1v) is 14.8. The molecule has 0 bridgehead atoms. The van der Waals surface area contributed by atoms with E-state index in [1.807, 2.05) is 51.1 Å². The molecule has 0 aliphatic heterocycles. The highest BCUT2D eigenvalue weighted by Crippen LogP contribution is 2.29. The Labute approximate surface area is 234 Å². The topological polar surface area (TPSA) is 86.8 Å². The molecule has 0 aliphatic rings. The molecule has 0 fully saturated rings. The summed E-state index contributed by atoms with van der Waals surface area (Å²) in [5, 5.41) is 5.16. The van der Waals surface area contributed by atoms with Gasteiger partial charge in [-0.05, 0) is 56.3 Å². The molecule has 2 amide bonds. The Morgan fingerprint density at radius 2 is 1.63 bits per heavy atom. The van der Waals surface area contributed by atoms with Crippen LogP contribution in [0.25, 0.3) is 10.8 Å². The summed E-state index contributed by atoms with van der Waals surface area (Å²) in [6, 6.07) is 16.8. The fourth-order valence-corrected chi connectivity index (χ4v) is 5.41. The monoisotopic (exact) mass is 577 g/mol. The van der Waals surface area contributed by atoms with E-state index >= 15 is 0 Å². The van der Waals surface area contributed by atoms with E-state index in [2.05, 4.69) is 5.32 Å². The van der Waals surface area contributed by atoms with Crippen molar-refractivity contribution in [3.63, 3.8) is 0 Å². The summed E-state index contributed by atoms with van der Waals surface area (Å²) in [6.07, 6.45) is 1.39. The third-order valence-corrected chi connectivity index (χ3v) is 7.80. The predicted octanol–water partition coefficient (Wildman–Crippen LogP) is 5.63. The molecule has 3 rings (SSSR count). The number of carbonyl (C=O) groups excluding carboxylic acids is 2. The van der Waals surface area contributed by atoms with Crippen LogP contribution in [-0.2, 0) is 26.2 Å². The molecule has 0 saturated heterocycles. The molecular weight excluding hydrogens is 545 g/mol. The van der Waals surface area contributed by atoms with Crippen molar-refractivity contribution < 1.29 is 18.0 Å². The summed E-state index contributed by atoms with van der Waals surface area (Å²) in [5.74, 6) is -0.852. The molecule has 7 nitrogen and oxygen atoms in total. The molecule has 0 heterocycles. The molecule has 3 aromatic rings. The standard InChI is InChI=1S/C28H33Cl2N3O4S/c1-6-24(27(35)31-28(2,3)4)32(17-19-14-15-22(29)23(30)16-19)26(34)18-33(38(5,36)37)25-13-9-11-20-10-7-8-12-21(20)25/h7-16,24H,6,17-18H2,1-5H3,(H,31,35)/t24-/m1/s1. The number of nitrogens with one attached hydrogen (secondary N) is 1. The van der Waals surface area contributed by atoms with E-state index in [1.54, 1.807) is 37.3 Å². The Kier molecular flexibility index (Phi) is 9.34. The van der Waals surface area contributed by atoms with Gasteiger partial charge in [-0.15, -0.1) is 0 Å². The van der Waals surface area contributed by atoms with Crippen LogP contribution in [0.1, 0.15) is 39.7 Å². The van der Waals surface area contributed by atoms with Crippen molar-refractivity contribution in [3.8, 4) is 0 Å². The molecule has 204 valence electrons. The first-order valence-electron chi connectivity index (χ1n) is 12.2. The lowest BCUT2D eigenvalue weighted by atomic mass is 10.1. The SMILES string of the molecule is CC[C@H](C(=O)NC(C)(C)C)N(Cc1ccc(Cl)c(Cl)c1)C(=O)CN(c1cccc2ccccc12)S(C)(=O)=O. The average molecular weight is 579 g/mol. The van der Waals surface area contributed by atoms with Gasteiger partial charge >= 0.3 is 0 Å². The lowest BCUT2D eigenvalue weighted by molar-refractivity contribution is -0.141. The van der Waals surface area contributed by atoms with Gasteiger partial charge in [0.25, 0.3) is 0 Å². The second-order valence-electron chi connectivity index (χ2n) is 10.2. The number of hydrogen-bond donors (Lipinski definition) is 1. The summed E-state index contributed by atoms with van der Waals surface area (Å²) in [5.41, 5.74) is 0.524. The van der Waals surface area contributed by atoms with Gasteiger partial charge in [-0.3, -0.25) is 13.9 Å². The lowest BCUT2D eigenvalue weighted by Crippen LogP contribution is -2.55. The van der Waals surface area contributed by atoms with Crippen LogP contribution < -0.4 is 9.62 Å². The van der Waals surface area contributed by atoms with Crippen LogP contribution in [0.3, 0.4) is 0 Å². The fourth-order valence-electron chi connectivity index (χ4n) is 4.23. The molecule has 10 heteroatoms. The van der Waals surface area contributed by atoms with Gasteiger partial charge in [0.1, 0.15) is 12.6 Å². The third kappa shape index (κ3) is 7.40. The van der Waals surface area contributed by atoms with Gasteiger partial charge < -0.3 is 10.2 Å². The van der Waals surface area contributed by atoms with Crippen molar-refractivity contribution in [2.24, 2.45) is 0 Å². The van der Waals surface area contributed by atoms with E-state index < -0.39 is 34.1 Å². The van der Waals surface area contributed by atoms with Crippen LogP contribution in [-0.4, -0.2) is 49.5 Å². The second kappa shape index (κ2) is 11.9. The molecule has 0 radical (unpaired) electrons. The van der Waals surface area contributed by atoms with Crippen LogP contribution in [0.5, 0.6) is 0 Å². The van der Waals surface area contributed by atoms with Crippen molar-refractivity contribution in [2.45, 2.75) is 52.2 Å². The van der Waals surface area contributed by atoms with Gasteiger partial charge in [0.2, 0.25) is 21.8 Å². The zero-order chi connectivity index (χ0) is 28.3. The van der Waals surface area contributed by atoms with E-state index in [-0.39, 0.29) is 12.5 Å². The molecule has 0 aliphatic carbocycles. The average Bonchev–Trinajstić information content (AvgIpc) is 2.82. The Bertz CT molecular complexity index is 1430. The van der Waals surface area contributed by atoms with Gasteiger partial charge in [0.15, 0.2) is 0 Å². The van der Waals surface area contributed by atoms with Crippen molar-refractivity contribution in [1.29, 1.82) is 0 Å². The molecular formula is C28H33Cl2N3O4S. The van der Waals surface area contributed by atoms with Crippen LogP contribution in [0.15, 0.2) is 60.7 Å². The third-order valence-electron chi connectivity index (χ3n) is 5.94. The highest BCUT2D eigenvalue weighted by atomic mass is 35.5. The number of halogens is 2. The van der Waals surface area contributed by atoms with Crippen LogP contribution >= 0.6 is 23.2 Å². The maximum atomic E-state index is 13.9. The number of amides is 2.